The molecule has 1 rings (SSSR count). The molecule has 1 saturated carbocycles. The van der Waals surface area contributed by atoms with Crippen LogP contribution in [0, 0.1) is 11.8 Å². The molecule has 1 aliphatic rings. The SMILES string of the molecule is C=C1CCC(C(=O)CC)C(O)C1CCC. The lowest BCUT2D eigenvalue weighted by atomic mass is 9.72. The van der Waals surface area contributed by atoms with Crippen molar-refractivity contribution >= 4 is 5.78 Å². The standard InChI is InChI=1S/C13H22O2/c1-4-6-10-9(3)7-8-11(13(10)15)12(14)5-2/h10-11,13,15H,3-8H2,1-2H3. The van der Waals surface area contributed by atoms with E-state index in [4.69, 9.17) is 0 Å². The lowest BCUT2D eigenvalue weighted by molar-refractivity contribution is -0.128. The lowest BCUT2D eigenvalue weighted by Gasteiger charge is -2.35. The molecule has 2 heteroatoms. The van der Waals surface area contributed by atoms with E-state index < -0.39 is 6.10 Å². The van der Waals surface area contributed by atoms with Gasteiger partial charge in [0.2, 0.25) is 0 Å². The van der Waals surface area contributed by atoms with Crippen molar-refractivity contribution in [1.29, 1.82) is 0 Å². The number of rotatable bonds is 4. The van der Waals surface area contributed by atoms with Gasteiger partial charge in [-0.1, -0.05) is 32.4 Å². The molecule has 0 bridgehead atoms. The van der Waals surface area contributed by atoms with Crippen molar-refractivity contribution in [3.05, 3.63) is 12.2 Å². The monoisotopic (exact) mass is 210 g/mol. The number of carbonyl (C=O) groups excluding carboxylic acids is 1. The molecule has 15 heavy (non-hydrogen) atoms. The van der Waals surface area contributed by atoms with Crippen LogP contribution in [0.4, 0.5) is 0 Å². The first kappa shape index (κ1) is 12.4. The second-order valence-corrected chi connectivity index (χ2v) is 4.51. The summed E-state index contributed by atoms with van der Waals surface area (Å²) in [6, 6.07) is 0. The molecule has 86 valence electrons. The maximum absolute atomic E-state index is 11.6. The van der Waals surface area contributed by atoms with Gasteiger partial charge in [-0.25, -0.2) is 0 Å². The van der Waals surface area contributed by atoms with E-state index in [1.165, 1.54) is 0 Å². The molecule has 1 aliphatic carbocycles. The minimum absolute atomic E-state index is 0.142. The minimum atomic E-state index is -0.487. The molecule has 0 aromatic heterocycles. The third-order valence-electron chi connectivity index (χ3n) is 3.49. The largest absolute Gasteiger partial charge is 0.392 e. The summed E-state index contributed by atoms with van der Waals surface area (Å²) in [6.45, 7) is 7.98. The van der Waals surface area contributed by atoms with Crippen LogP contribution in [-0.2, 0) is 4.79 Å². The van der Waals surface area contributed by atoms with Gasteiger partial charge in [-0.3, -0.25) is 4.79 Å². The van der Waals surface area contributed by atoms with Crippen LogP contribution in [0.2, 0.25) is 0 Å². The van der Waals surface area contributed by atoms with Gasteiger partial charge in [0, 0.05) is 18.3 Å². The van der Waals surface area contributed by atoms with E-state index in [1.807, 2.05) is 6.92 Å². The topological polar surface area (TPSA) is 37.3 Å². The Morgan fingerprint density at radius 3 is 2.73 bits per heavy atom. The highest BCUT2D eigenvalue weighted by molar-refractivity contribution is 5.81. The first-order valence-corrected chi connectivity index (χ1v) is 6.00. The van der Waals surface area contributed by atoms with Crippen molar-refractivity contribution in [3.8, 4) is 0 Å². The van der Waals surface area contributed by atoms with Crippen molar-refractivity contribution < 1.29 is 9.90 Å². The Morgan fingerprint density at radius 2 is 2.20 bits per heavy atom. The van der Waals surface area contributed by atoms with Crippen LogP contribution >= 0.6 is 0 Å². The Labute approximate surface area is 92.4 Å². The average molecular weight is 210 g/mol. The van der Waals surface area contributed by atoms with Crippen molar-refractivity contribution in [2.75, 3.05) is 0 Å². The Bertz CT molecular complexity index is 235. The molecule has 2 nitrogen and oxygen atoms in total. The number of carbonyl (C=O) groups is 1. The smallest absolute Gasteiger partial charge is 0.138 e. The number of hydrogen-bond acceptors (Lipinski definition) is 2. The van der Waals surface area contributed by atoms with Crippen LogP contribution in [0.3, 0.4) is 0 Å². The van der Waals surface area contributed by atoms with E-state index in [0.29, 0.717) is 6.42 Å². The quantitative estimate of drug-likeness (QED) is 0.724. The highest BCUT2D eigenvalue weighted by Crippen LogP contribution is 2.36. The third kappa shape index (κ3) is 2.69. The molecule has 0 aromatic carbocycles. The third-order valence-corrected chi connectivity index (χ3v) is 3.49. The van der Waals surface area contributed by atoms with Gasteiger partial charge in [-0.15, -0.1) is 0 Å². The van der Waals surface area contributed by atoms with Gasteiger partial charge in [-0.05, 0) is 19.3 Å². The second kappa shape index (κ2) is 5.45. The first-order chi connectivity index (χ1) is 7.11. The maximum Gasteiger partial charge on any atom is 0.138 e. The Balaban J connectivity index is 2.71. The van der Waals surface area contributed by atoms with Gasteiger partial charge < -0.3 is 5.11 Å². The van der Waals surface area contributed by atoms with Gasteiger partial charge in [0.05, 0.1) is 6.10 Å². The minimum Gasteiger partial charge on any atom is -0.392 e. The molecule has 0 heterocycles. The predicted octanol–water partition coefficient (Wildman–Crippen LogP) is 2.71. The van der Waals surface area contributed by atoms with Gasteiger partial charge >= 0.3 is 0 Å². The van der Waals surface area contributed by atoms with Crippen LogP contribution in [0.5, 0.6) is 0 Å². The van der Waals surface area contributed by atoms with Gasteiger partial charge in [0.25, 0.3) is 0 Å². The summed E-state index contributed by atoms with van der Waals surface area (Å²) in [7, 11) is 0. The molecule has 3 unspecified atom stereocenters. The van der Waals surface area contributed by atoms with Gasteiger partial charge in [0.1, 0.15) is 5.78 Å². The maximum atomic E-state index is 11.6. The van der Waals surface area contributed by atoms with Crippen LogP contribution in [0.15, 0.2) is 12.2 Å². The molecule has 3 atom stereocenters. The van der Waals surface area contributed by atoms with Crippen LogP contribution in [0.25, 0.3) is 0 Å². The summed E-state index contributed by atoms with van der Waals surface area (Å²) in [5.41, 5.74) is 1.13. The summed E-state index contributed by atoms with van der Waals surface area (Å²) >= 11 is 0. The summed E-state index contributed by atoms with van der Waals surface area (Å²) in [5.74, 6) is 0.206. The Kier molecular flexibility index (Phi) is 4.52. The predicted molar refractivity (Wildman–Crippen MR) is 61.6 cm³/mol. The second-order valence-electron chi connectivity index (χ2n) is 4.51. The fourth-order valence-corrected chi connectivity index (χ4v) is 2.52. The number of aliphatic hydroxyl groups is 1. The Morgan fingerprint density at radius 1 is 1.53 bits per heavy atom. The van der Waals surface area contributed by atoms with Gasteiger partial charge in [0.15, 0.2) is 0 Å². The van der Waals surface area contributed by atoms with Crippen molar-refractivity contribution in [2.45, 2.75) is 52.1 Å². The summed E-state index contributed by atoms with van der Waals surface area (Å²) in [4.78, 5) is 11.6. The number of Topliss-reactive ketones (excluding diaryl/α,β-unsaturated/α-hetero) is 1. The Hall–Kier alpha value is -0.630. The average Bonchev–Trinajstić information content (AvgIpc) is 2.23. The normalized spacial score (nSPS) is 31.7. The molecular weight excluding hydrogens is 188 g/mol. The van der Waals surface area contributed by atoms with Crippen LogP contribution in [0.1, 0.15) is 46.0 Å². The van der Waals surface area contributed by atoms with E-state index in [0.717, 1.165) is 31.3 Å². The van der Waals surface area contributed by atoms with E-state index >= 15 is 0 Å². The van der Waals surface area contributed by atoms with Crippen molar-refractivity contribution in [3.63, 3.8) is 0 Å². The zero-order chi connectivity index (χ0) is 11.4. The zero-order valence-corrected chi connectivity index (χ0v) is 9.83. The summed E-state index contributed by atoms with van der Waals surface area (Å²) in [5, 5.41) is 10.2. The molecule has 1 fully saturated rings. The summed E-state index contributed by atoms with van der Waals surface area (Å²) < 4.78 is 0. The number of hydrogen-bond donors (Lipinski definition) is 1. The first-order valence-electron chi connectivity index (χ1n) is 6.00. The van der Waals surface area contributed by atoms with Gasteiger partial charge in [-0.2, -0.15) is 0 Å². The fraction of sp³-hybridized carbons (Fsp3) is 0.769. The van der Waals surface area contributed by atoms with E-state index in [9.17, 15) is 9.90 Å². The van der Waals surface area contributed by atoms with E-state index in [2.05, 4.69) is 13.5 Å². The van der Waals surface area contributed by atoms with E-state index in [1.54, 1.807) is 0 Å². The molecule has 0 aliphatic heterocycles. The molecule has 0 amide bonds. The van der Waals surface area contributed by atoms with Crippen molar-refractivity contribution in [1.82, 2.24) is 0 Å². The van der Waals surface area contributed by atoms with Crippen LogP contribution in [-0.4, -0.2) is 17.0 Å². The lowest BCUT2D eigenvalue weighted by Crippen LogP contribution is -2.38. The fourth-order valence-electron chi connectivity index (χ4n) is 2.52. The highest BCUT2D eigenvalue weighted by atomic mass is 16.3. The molecule has 0 radical (unpaired) electrons. The van der Waals surface area contributed by atoms with Crippen molar-refractivity contribution in [2.24, 2.45) is 11.8 Å². The zero-order valence-electron chi connectivity index (χ0n) is 9.83. The van der Waals surface area contributed by atoms with Crippen LogP contribution < -0.4 is 0 Å². The highest BCUT2D eigenvalue weighted by Gasteiger charge is 2.36. The van der Waals surface area contributed by atoms with E-state index in [-0.39, 0.29) is 17.6 Å². The summed E-state index contributed by atoms with van der Waals surface area (Å²) in [6.07, 6.45) is 3.72. The molecule has 0 spiro atoms. The molecule has 1 N–H and O–H groups in total. The number of aliphatic hydroxyl groups excluding tert-OH is 1. The molecule has 0 aromatic rings. The molecule has 0 saturated heterocycles. The number of ketones is 1. The molecular formula is C13H22O2.